The number of amides is 1. The van der Waals surface area contributed by atoms with E-state index >= 15 is 0 Å². The van der Waals surface area contributed by atoms with Gasteiger partial charge in [0, 0.05) is 50.2 Å². The maximum atomic E-state index is 12.9. The van der Waals surface area contributed by atoms with Crippen LogP contribution in [0, 0.1) is 6.92 Å². The van der Waals surface area contributed by atoms with Gasteiger partial charge in [0.2, 0.25) is 5.95 Å². The Bertz CT molecular complexity index is 1010. The summed E-state index contributed by atoms with van der Waals surface area (Å²) in [4.78, 5) is 38.6. The molecule has 2 aromatic heterocycles. The second kappa shape index (κ2) is 9.17. The van der Waals surface area contributed by atoms with E-state index in [4.69, 9.17) is 4.74 Å². The number of carbonyl (C=O) groups is 1. The third-order valence-corrected chi connectivity index (χ3v) is 5.34. The molecule has 0 unspecified atom stereocenters. The van der Waals surface area contributed by atoms with Crippen molar-refractivity contribution >= 4 is 12.0 Å². The third-order valence-electron chi connectivity index (χ3n) is 5.34. The topological polar surface area (TPSA) is 91.4 Å². The van der Waals surface area contributed by atoms with E-state index in [1.807, 2.05) is 25.7 Å². The molecule has 0 bridgehead atoms. The van der Waals surface area contributed by atoms with Gasteiger partial charge in [-0.2, -0.15) is 13.2 Å². The summed E-state index contributed by atoms with van der Waals surface area (Å²) in [6.45, 7) is 8.25. The van der Waals surface area contributed by atoms with E-state index in [-0.39, 0.29) is 24.1 Å². The lowest BCUT2D eigenvalue weighted by Crippen LogP contribution is -2.59. The van der Waals surface area contributed by atoms with E-state index in [9.17, 15) is 22.8 Å². The van der Waals surface area contributed by atoms with Gasteiger partial charge in [0.05, 0.1) is 0 Å². The second-order valence-corrected chi connectivity index (χ2v) is 8.21. The molecule has 1 fully saturated rings. The first-order valence-electron chi connectivity index (χ1n) is 10.3. The molecule has 0 aromatic carbocycles. The van der Waals surface area contributed by atoms with Crippen molar-refractivity contribution in [2.45, 2.75) is 58.5 Å². The number of aromatic nitrogens is 3. The van der Waals surface area contributed by atoms with Crippen LogP contribution in [0.5, 0.6) is 0 Å². The van der Waals surface area contributed by atoms with Crippen molar-refractivity contribution in [3.8, 4) is 0 Å². The molecule has 0 spiro atoms. The van der Waals surface area contributed by atoms with Crippen molar-refractivity contribution in [2.24, 2.45) is 0 Å². The number of carbonyl (C=O) groups excluding carboxylic acids is 1. The number of hydrogen-bond acceptors (Lipinski definition) is 6. The monoisotopic (exact) mass is 453 g/mol. The number of aromatic amines is 1. The maximum Gasteiger partial charge on any atom is 0.421 e. The highest BCUT2D eigenvalue weighted by Gasteiger charge is 2.36. The minimum Gasteiger partial charge on any atom is -0.446 e. The third kappa shape index (κ3) is 5.38. The molecule has 3 atom stereocenters. The van der Waals surface area contributed by atoms with E-state index in [1.54, 1.807) is 24.2 Å². The number of hydrogen-bond donors (Lipinski definition) is 1. The van der Waals surface area contributed by atoms with Crippen LogP contribution >= 0.6 is 0 Å². The summed E-state index contributed by atoms with van der Waals surface area (Å²) in [6.07, 6.45) is -1.26. The van der Waals surface area contributed by atoms with Gasteiger partial charge in [-0.05, 0) is 44.9 Å². The standard InChI is InChI=1S/C21H26F3N5O3/c1-12-7-26-19(27-8-12)28-10-14(3)29(11-13(28)2)20(31)32-15(4)5-16-6-17(21(22,23)24)18(30)25-9-16/h6-9,13-15H,5,10-11H2,1-4H3,(H,25,30)/t13-,14-,15+/m1/s1. The number of halogens is 3. The number of nitrogens with one attached hydrogen (secondary N) is 1. The van der Waals surface area contributed by atoms with Gasteiger partial charge in [0.1, 0.15) is 11.7 Å². The van der Waals surface area contributed by atoms with Crippen molar-refractivity contribution in [3.63, 3.8) is 0 Å². The molecule has 2 aromatic rings. The molecule has 1 aliphatic heterocycles. The van der Waals surface area contributed by atoms with Crippen LogP contribution in [0.1, 0.15) is 37.5 Å². The van der Waals surface area contributed by atoms with Gasteiger partial charge in [0.25, 0.3) is 5.56 Å². The lowest BCUT2D eigenvalue weighted by Gasteiger charge is -2.43. The highest BCUT2D eigenvalue weighted by atomic mass is 19.4. The number of alkyl halides is 3. The van der Waals surface area contributed by atoms with Crippen LogP contribution in [0.15, 0.2) is 29.5 Å². The van der Waals surface area contributed by atoms with Crippen LogP contribution in [0.4, 0.5) is 23.9 Å². The predicted molar refractivity (Wildman–Crippen MR) is 111 cm³/mol. The average molecular weight is 453 g/mol. The summed E-state index contributed by atoms with van der Waals surface area (Å²) >= 11 is 0. The summed E-state index contributed by atoms with van der Waals surface area (Å²) in [5.74, 6) is 0.592. The number of aryl methyl sites for hydroxylation is 1. The fourth-order valence-corrected chi connectivity index (χ4v) is 3.66. The largest absolute Gasteiger partial charge is 0.446 e. The van der Waals surface area contributed by atoms with Gasteiger partial charge >= 0.3 is 12.3 Å². The Kier molecular flexibility index (Phi) is 6.75. The van der Waals surface area contributed by atoms with Gasteiger partial charge < -0.3 is 19.5 Å². The Morgan fingerprint density at radius 1 is 1.25 bits per heavy atom. The number of piperazine rings is 1. The normalized spacial score (nSPS) is 20.2. The van der Waals surface area contributed by atoms with Crippen LogP contribution in [0.2, 0.25) is 0 Å². The lowest BCUT2D eigenvalue weighted by molar-refractivity contribution is -0.138. The van der Waals surface area contributed by atoms with E-state index in [0.717, 1.165) is 11.6 Å². The smallest absolute Gasteiger partial charge is 0.421 e. The first kappa shape index (κ1) is 23.6. The molecule has 1 amide bonds. The molecule has 3 heterocycles. The average Bonchev–Trinajstić information content (AvgIpc) is 2.70. The Hall–Kier alpha value is -3.11. The molecule has 0 radical (unpaired) electrons. The van der Waals surface area contributed by atoms with Crippen LogP contribution in [0.25, 0.3) is 0 Å². The number of H-pyrrole nitrogens is 1. The van der Waals surface area contributed by atoms with Crippen LogP contribution in [-0.4, -0.2) is 57.2 Å². The quantitative estimate of drug-likeness (QED) is 0.765. The molecule has 1 aliphatic rings. The summed E-state index contributed by atoms with van der Waals surface area (Å²) in [6, 6.07) is 0.555. The predicted octanol–water partition coefficient (Wildman–Crippen LogP) is 3.16. The zero-order valence-corrected chi connectivity index (χ0v) is 18.3. The second-order valence-electron chi connectivity index (χ2n) is 8.21. The van der Waals surface area contributed by atoms with Gasteiger partial charge in [-0.15, -0.1) is 0 Å². The number of pyridine rings is 1. The van der Waals surface area contributed by atoms with E-state index < -0.39 is 29.5 Å². The van der Waals surface area contributed by atoms with Crippen molar-refractivity contribution in [1.29, 1.82) is 0 Å². The van der Waals surface area contributed by atoms with E-state index in [2.05, 4.69) is 15.0 Å². The summed E-state index contributed by atoms with van der Waals surface area (Å²) in [7, 11) is 0. The number of nitrogens with zero attached hydrogens (tertiary/aromatic N) is 4. The molecule has 11 heteroatoms. The fourth-order valence-electron chi connectivity index (χ4n) is 3.66. The first-order valence-corrected chi connectivity index (χ1v) is 10.3. The van der Waals surface area contributed by atoms with Gasteiger partial charge in [0.15, 0.2) is 0 Å². The number of anilines is 1. The molecule has 1 N–H and O–H groups in total. The molecule has 0 saturated carbocycles. The first-order chi connectivity index (χ1) is 15.0. The fraction of sp³-hybridized carbons (Fsp3) is 0.524. The number of rotatable bonds is 4. The van der Waals surface area contributed by atoms with Crippen molar-refractivity contribution in [2.75, 3.05) is 18.0 Å². The van der Waals surface area contributed by atoms with Crippen molar-refractivity contribution in [1.82, 2.24) is 19.9 Å². The summed E-state index contributed by atoms with van der Waals surface area (Å²) < 4.78 is 44.3. The molecule has 0 aliphatic carbocycles. The molecule has 174 valence electrons. The molecular formula is C21H26F3N5O3. The summed E-state index contributed by atoms with van der Waals surface area (Å²) in [5.41, 5.74) is -1.30. The molecule has 3 rings (SSSR count). The van der Waals surface area contributed by atoms with Gasteiger partial charge in [-0.25, -0.2) is 14.8 Å². The van der Waals surface area contributed by atoms with Crippen LogP contribution < -0.4 is 10.5 Å². The minimum absolute atomic E-state index is 0.0344. The van der Waals surface area contributed by atoms with Crippen molar-refractivity contribution in [3.05, 3.63) is 51.7 Å². The summed E-state index contributed by atoms with van der Waals surface area (Å²) in [5, 5.41) is 0. The van der Waals surface area contributed by atoms with Gasteiger partial charge in [-0.1, -0.05) is 0 Å². The SMILES string of the molecule is Cc1cnc(N2C[C@@H](C)N(C(=O)O[C@@H](C)Cc3c[nH]c(=O)c(C(F)(F)F)c3)C[C@H]2C)nc1. The Morgan fingerprint density at radius 3 is 2.53 bits per heavy atom. The molecular weight excluding hydrogens is 427 g/mol. The van der Waals surface area contributed by atoms with Crippen LogP contribution in [-0.2, 0) is 17.3 Å². The van der Waals surface area contributed by atoms with Crippen LogP contribution in [0.3, 0.4) is 0 Å². The molecule has 1 saturated heterocycles. The minimum atomic E-state index is -4.75. The van der Waals surface area contributed by atoms with E-state index in [0.29, 0.717) is 19.0 Å². The highest BCUT2D eigenvalue weighted by molar-refractivity contribution is 5.69. The molecule has 8 nitrogen and oxygen atoms in total. The lowest BCUT2D eigenvalue weighted by atomic mass is 10.1. The Labute approximate surface area is 183 Å². The zero-order chi connectivity index (χ0) is 23.6. The zero-order valence-electron chi connectivity index (χ0n) is 18.3. The van der Waals surface area contributed by atoms with Crippen molar-refractivity contribution < 1.29 is 22.7 Å². The van der Waals surface area contributed by atoms with E-state index in [1.165, 1.54) is 6.20 Å². The highest BCUT2D eigenvalue weighted by Crippen LogP contribution is 2.27. The van der Waals surface area contributed by atoms with Gasteiger partial charge in [-0.3, -0.25) is 4.79 Å². The maximum absolute atomic E-state index is 12.9. The number of ether oxygens (including phenoxy) is 1. The Morgan fingerprint density at radius 2 is 1.91 bits per heavy atom. The Balaban J connectivity index is 1.62. The molecule has 32 heavy (non-hydrogen) atoms.